The van der Waals surface area contributed by atoms with Gasteiger partial charge < -0.3 is 15.4 Å². The minimum absolute atomic E-state index is 0.0294. The number of amides is 1. The van der Waals surface area contributed by atoms with Gasteiger partial charge >= 0.3 is 0 Å². The fourth-order valence-electron chi connectivity index (χ4n) is 1.65. The molecule has 0 saturated heterocycles. The monoisotopic (exact) mass is 278 g/mol. The number of carbonyl (C=O) groups excluding carboxylic acids is 1. The lowest BCUT2D eigenvalue weighted by Gasteiger charge is -2.09. The molecule has 1 rings (SSSR count). The Bertz CT molecular complexity index is 377. The minimum atomic E-state index is 0.0294. The van der Waals surface area contributed by atoms with E-state index >= 15 is 0 Å². The molecule has 1 amide bonds. The van der Waals surface area contributed by atoms with Gasteiger partial charge in [0.2, 0.25) is 5.91 Å². The molecule has 0 heterocycles. The van der Waals surface area contributed by atoms with Crippen LogP contribution in [0.3, 0.4) is 0 Å². The number of ether oxygens (including phenoxy) is 1. The molecule has 0 radical (unpaired) electrons. The molecule has 0 aromatic heterocycles. The highest BCUT2D eigenvalue weighted by molar-refractivity contribution is 5.80. The molecule has 4 heteroatoms. The van der Waals surface area contributed by atoms with Crippen molar-refractivity contribution in [3.8, 4) is 5.75 Å². The molecule has 4 nitrogen and oxygen atoms in total. The molecule has 0 saturated carbocycles. The van der Waals surface area contributed by atoms with E-state index in [0.29, 0.717) is 6.54 Å². The van der Waals surface area contributed by atoms with E-state index in [1.165, 1.54) is 0 Å². The van der Waals surface area contributed by atoms with Gasteiger partial charge in [-0.1, -0.05) is 26.7 Å². The van der Waals surface area contributed by atoms with Crippen LogP contribution >= 0.6 is 0 Å². The average molecular weight is 278 g/mol. The molecule has 0 atom stereocenters. The van der Waals surface area contributed by atoms with Gasteiger partial charge in [-0.05, 0) is 37.1 Å². The molecule has 0 aliphatic heterocycles. The Morgan fingerprint density at radius 3 is 2.45 bits per heavy atom. The molecule has 0 spiro atoms. The smallest absolute Gasteiger partial charge is 0.239 e. The predicted molar refractivity (Wildman–Crippen MR) is 83.3 cm³/mol. The van der Waals surface area contributed by atoms with Crippen molar-refractivity contribution in [3.63, 3.8) is 0 Å². The van der Waals surface area contributed by atoms with E-state index in [9.17, 15) is 4.79 Å². The number of benzene rings is 1. The number of rotatable bonds is 10. The fourth-order valence-corrected chi connectivity index (χ4v) is 1.65. The molecule has 0 aliphatic rings. The standard InChI is InChI=1S/C16H26N2O2/c1-3-5-11-17-16(19)13-18-14-7-9-15(10-8-14)20-12-6-4-2/h7-10,18H,3-6,11-13H2,1-2H3,(H,17,19). The molecule has 0 unspecified atom stereocenters. The highest BCUT2D eigenvalue weighted by atomic mass is 16.5. The summed E-state index contributed by atoms with van der Waals surface area (Å²) in [6, 6.07) is 7.71. The van der Waals surface area contributed by atoms with Crippen molar-refractivity contribution in [3.05, 3.63) is 24.3 Å². The average Bonchev–Trinajstić information content (AvgIpc) is 2.47. The third kappa shape index (κ3) is 7.02. The molecule has 1 aromatic rings. The molecular formula is C16H26N2O2. The zero-order valence-electron chi connectivity index (χ0n) is 12.6. The second-order valence-electron chi connectivity index (χ2n) is 4.78. The Kier molecular flexibility index (Phi) is 8.27. The topological polar surface area (TPSA) is 50.4 Å². The van der Waals surface area contributed by atoms with Crippen LogP contribution in [0.15, 0.2) is 24.3 Å². The van der Waals surface area contributed by atoms with E-state index in [4.69, 9.17) is 4.74 Å². The third-order valence-corrected chi connectivity index (χ3v) is 2.93. The number of unbranched alkanes of at least 4 members (excludes halogenated alkanes) is 2. The Labute approximate surface area is 121 Å². The summed E-state index contributed by atoms with van der Waals surface area (Å²) in [5, 5.41) is 5.97. The summed E-state index contributed by atoms with van der Waals surface area (Å²) >= 11 is 0. The first-order chi connectivity index (χ1) is 9.76. The molecule has 20 heavy (non-hydrogen) atoms. The van der Waals surface area contributed by atoms with Gasteiger partial charge in [0.15, 0.2) is 0 Å². The van der Waals surface area contributed by atoms with Gasteiger partial charge in [-0.25, -0.2) is 0 Å². The van der Waals surface area contributed by atoms with Crippen molar-refractivity contribution in [1.82, 2.24) is 5.32 Å². The summed E-state index contributed by atoms with van der Waals surface area (Å²) in [5.74, 6) is 0.901. The summed E-state index contributed by atoms with van der Waals surface area (Å²) in [5.41, 5.74) is 0.929. The van der Waals surface area contributed by atoms with Gasteiger partial charge in [-0.15, -0.1) is 0 Å². The number of nitrogens with one attached hydrogen (secondary N) is 2. The highest BCUT2D eigenvalue weighted by Gasteiger charge is 2.00. The predicted octanol–water partition coefficient (Wildman–Crippen LogP) is 3.19. The maximum Gasteiger partial charge on any atom is 0.239 e. The number of carbonyl (C=O) groups is 1. The summed E-state index contributed by atoms with van der Waals surface area (Å²) < 4.78 is 5.59. The molecule has 2 N–H and O–H groups in total. The van der Waals surface area contributed by atoms with Gasteiger partial charge in [0, 0.05) is 12.2 Å². The maximum absolute atomic E-state index is 11.5. The first-order valence-electron chi connectivity index (χ1n) is 7.49. The lowest BCUT2D eigenvalue weighted by molar-refractivity contribution is -0.119. The molecule has 0 fully saturated rings. The van der Waals surface area contributed by atoms with Gasteiger partial charge in [0.05, 0.1) is 13.2 Å². The highest BCUT2D eigenvalue weighted by Crippen LogP contribution is 2.15. The minimum Gasteiger partial charge on any atom is -0.494 e. The molecule has 1 aromatic carbocycles. The zero-order chi connectivity index (χ0) is 14.6. The zero-order valence-corrected chi connectivity index (χ0v) is 12.6. The van der Waals surface area contributed by atoms with Crippen LogP contribution in [-0.2, 0) is 4.79 Å². The lowest BCUT2D eigenvalue weighted by atomic mass is 10.3. The van der Waals surface area contributed by atoms with E-state index in [1.54, 1.807) is 0 Å². The van der Waals surface area contributed by atoms with Crippen molar-refractivity contribution < 1.29 is 9.53 Å². The normalized spacial score (nSPS) is 10.1. The Morgan fingerprint density at radius 1 is 1.10 bits per heavy atom. The Hall–Kier alpha value is -1.71. The summed E-state index contributed by atoms with van der Waals surface area (Å²) in [6.45, 7) is 6.06. The molecular weight excluding hydrogens is 252 g/mol. The summed E-state index contributed by atoms with van der Waals surface area (Å²) in [6.07, 6.45) is 4.31. The van der Waals surface area contributed by atoms with Crippen molar-refractivity contribution in [1.29, 1.82) is 0 Å². The summed E-state index contributed by atoms with van der Waals surface area (Å²) in [4.78, 5) is 11.5. The second kappa shape index (κ2) is 10.1. The van der Waals surface area contributed by atoms with Gasteiger partial charge in [-0.2, -0.15) is 0 Å². The van der Waals surface area contributed by atoms with E-state index in [1.807, 2.05) is 24.3 Å². The van der Waals surface area contributed by atoms with E-state index in [0.717, 1.165) is 50.3 Å². The van der Waals surface area contributed by atoms with Crippen molar-refractivity contribution in [2.45, 2.75) is 39.5 Å². The lowest BCUT2D eigenvalue weighted by Crippen LogP contribution is -2.30. The SMILES string of the molecule is CCCCNC(=O)CNc1ccc(OCCCC)cc1. The van der Waals surface area contributed by atoms with Crippen LogP contribution in [-0.4, -0.2) is 25.6 Å². The number of anilines is 1. The van der Waals surface area contributed by atoms with Gasteiger partial charge in [0.25, 0.3) is 0 Å². The number of hydrogen-bond acceptors (Lipinski definition) is 3. The van der Waals surface area contributed by atoms with Crippen molar-refractivity contribution >= 4 is 11.6 Å². The fraction of sp³-hybridized carbons (Fsp3) is 0.562. The summed E-state index contributed by atoms with van der Waals surface area (Å²) in [7, 11) is 0. The molecule has 112 valence electrons. The van der Waals surface area contributed by atoms with Crippen LogP contribution in [0.2, 0.25) is 0 Å². The maximum atomic E-state index is 11.5. The van der Waals surface area contributed by atoms with Crippen LogP contribution in [0.25, 0.3) is 0 Å². The van der Waals surface area contributed by atoms with E-state index < -0.39 is 0 Å². The Morgan fingerprint density at radius 2 is 1.80 bits per heavy atom. The first kappa shape index (κ1) is 16.3. The van der Waals surface area contributed by atoms with Crippen LogP contribution < -0.4 is 15.4 Å². The van der Waals surface area contributed by atoms with Crippen LogP contribution in [0, 0.1) is 0 Å². The molecule has 0 aliphatic carbocycles. The van der Waals surface area contributed by atoms with Gasteiger partial charge in [0.1, 0.15) is 5.75 Å². The largest absolute Gasteiger partial charge is 0.494 e. The van der Waals surface area contributed by atoms with Crippen LogP contribution in [0.4, 0.5) is 5.69 Å². The molecule has 0 bridgehead atoms. The van der Waals surface area contributed by atoms with Crippen LogP contribution in [0.5, 0.6) is 5.75 Å². The first-order valence-corrected chi connectivity index (χ1v) is 7.49. The van der Waals surface area contributed by atoms with Crippen molar-refractivity contribution in [2.24, 2.45) is 0 Å². The van der Waals surface area contributed by atoms with Gasteiger partial charge in [-0.3, -0.25) is 4.79 Å². The second-order valence-corrected chi connectivity index (χ2v) is 4.78. The third-order valence-electron chi connectivity index (χ3n) is 2.93. The number of hydrogen-bond donors (Lipinski definition) is 2. The quantitative estimate of drug-likeness (QED) is 0.646. The van der Waals surface area contributed by atoms with Crippen LogP contribution in [0.1, 0.15) is 39.5 Å². The van der Waals surface area contributed by atoms with Crippen molar-refractivity contribution in [2.75, 3.05) is 25.0 Å². The Balaban J connectivity index is 2.25. The van der Waals surface area contributed by atoms with E-state index in [2.05, 4.69) is 24.5 Å². The van der Waals surface area contributed by atoms with E-state index in [-0.39, 0.29) is 5.91 Å².